The second-order valence-corrected chi connectivity index (χ2v) is 5.32. The van der Waals surface area contributed by atoms with E-state index < -0.39 is 0 Å². The standard InChI is InChI=1S/C11H21NO/c1-8-9(2)12(11(3,4)5)7-6-10(8)13/h8-9H,6-7H2,1-5H3/p+1/t8-,9-/m0/s1. The zero-order chi connectivity index (χ0) is 10.2. The number of hydrogen-bond donors (Lipinski definition) is 1. The van der Waals surface area contributed by atoms with E-state index in [0.29, 0.717) is 11.8 Å². The van der Waals surface area contributed by atoms with Crippen molar-refractivity contribution in [1.29, 1.82) is 0 Å². The molecule has 0 spiro atoms. The Morgan fingerprint density at radius 2 is 1.85 bits per heavy atom. The summed E-state index contributed by atoms with van der Waals surface area (Å²) < 4.78 is 0. The van der Waals surface area contributed by atoms with Crippen molar-refractivity contribution in [2.24, 2.45) is 5.92 Å². The summed E-state index contributed by atoms with van der Waals surface area (Å²) in [6.45, 7) is 12.0. The van der Waals surface area contributed by atoms with Crippen LogP contribution in [0.3, 0.4) is 0 Å². The Kier molecular flexibility index (Phi) is 2.81. The first-order chi connectivity index (χ1) is 5.84. The molecule has 0 aromatic rings. The van der Waals surface area contributed by atoms with E-state index in [1.165, 1.54) is 0 Å². The fraction of sp³-hybridized carbons (Fsp3) is 0.909. The molecule has 1 aliphatic rings. The van der Waals surface area contributed by atoms with Gasteiger partial charge >= 0.3 is 0 Å². The van der Waals surface area contributed by atoms with Crippen LogP contribution in [0.2, 0.25) is 0 Å². The van der Waals surface area contributed by atoms with Crippen molar-refractivity contribution in [2.75, 3.05) is 6.54 Å². The zero-order valence-corrected chi connectivity index (χ0v) is 9.48. The maximum absolute atomic E-state index is 11.5. The van der Waals surface area contributed by atoms with Crippen LogP contribution in [0.5, 0.6) is 0 Å². The maximum Gasteiger partial charge on any atom is 0.147 e. The van der Waals surface area contributed by atoms with Gasteiger partial charge in [0.05, 0.1) is 30.5 Å². The third kappa shape index (κ3) is 2.11. The van der Waals surface area contributed by atoms with Crippen LogP contribution in [0.25, 0.3) is 0 Å². The van der Waals surface area contributed by atoms with Gasteiger partial charge in [0, 0.05) is 0 Å². The van der Waals surface area contributed by atoms with E-state index in [2.05, 4.69) is 34.6 Å². The summed E-state index contributed by atoms with van der Waals surface area (Å²) >= 11 is 0. The Labute approximate surface area is 81.3 Å². The summed E-state index contributed by atoms with van der Waals surface area (Å²) in [5.74, 6) is 0.684. The Morgan fingerprint density at radius 1 is 1.31 bits per heavy atom. The Morgan fingerprint density at radius 3 is 2.31 bits per heavy atom. The molecule has 13 heavy (non-hydrogen) atoms. The van der Waals surface area contributed by atoms with Gasteiger partial charge in [0.2, 0.25) is 0 Å². The number of carbonyl (C=O) groups is 1. The molecule has 0 aliphatic carbocycles. The first-order valence-electron chi connectivity index (χ1n) is 5.23. The first-order valence-corrected chi connectivity index (χ1v) is 5.23. The van der Waals surface area contributed by atoms with Crippen LogP contribution in [0.4, 0.5) is 0 Å². The third-order valence-electron chi connectivity index (χ3n) is 3.41. The lowest BCUT2D eigenvalue weighted by atomic mass is 9.87. The molecule has 0 amide bonds. The lowest BCUT2D eigenvalue weighted by molar-refractivity contribution is -0.972. The van der Waals surface area contributed by atoms with Gasteiger partial charge < -0.3 is 4.90 Å². The van der Waals surface area contributed by atoms with E-state index in [1.807, 2.05) is 0 Å². The molecule has 1 heterocycles. The molecular formula is C11H22NO+. The van der Waals surface area contributed by atoms with Gasteiger partial charge in [-0.05, 0) is 34.6 Å². The quantitative estimate of drug-likeness (QED) is 0.587. The summed E-state index contributed by atoms with van der Waals surface area (Å²) in [7, 11) is 0. The monoisotopic (exact) mass is 184 g/mol. The number of ketones is 1. The molecule has 76 valence electrons. The molecule has 0 aromatic carbocycles. The Balaban J connectivity index is 2.75. The van der Waals surface area contributed by atoms with Crippen molar-refractivity contribution in [3.05, 3.63) is 0 Å². The molecular weight excluding hydrogens is 162 g/mol. The molecule has 2 heteroatoms. The number of rotatable bonds is 0. The largest absolute Gasteiger partial charge is 0.328 e. The number of nitrogens with one attached hydrogen (secondary N) is 1. The molecule has 1 rings (SSSR count). The van der Waals surface area contributed by atoms with Crippen molar-refractivity contribution in [3.63, 3.8) is 0 Å². The van der Waals surface area contributed by atoms with E-state index in [-0.39, 0.29) is 11.5 Å². The van der Waals surface area contributed by atoms with Gasteiger partial charge in [0.25, 0.3) is 0 Å². The minimum atomic E-state index is 0.239. The van der Waals surface area contributed by atoms with E-state index in [9.17, 15) is 4.79 Å². The molecule has 1 unspecified atom stereocenters. The van der Waals surface area contributed by atoms with E-state index in [1.54, 1.807) is 4.90 Å². The molecule has 2 nitrogen and oxygen atoms in total. The molecule has 1 N–H and O–H groups in total. The maximum atomic E-state index is 11.5. The highest BCUT2D eigenvalue weighted by Crippen LogP contribution is 2.11. The zero-order valence-electron chi connectivity index (χ0n) is 9.48. The summed E-state index contributed by atoms with van der Waals surface area (Å²) in [6, 6.07) is 0.473. The fourth-order valence-corrected chi connectivity index (χ4v) is 2.35. The van der Waals surface area contributed by atoms with Gasteiger partial charge in [-0.2, -0.15) is 0 Å². The highest BCUT2D eigenvalue weighted by atomic mass is 16.1. The van der Waals surface area contributed by atoms with Crippen LogP contribution >= 0.6 is 0 Å². The SMILES string of the molecule is C[C@@H]1C(=O)CC[NH+](C(C)(C)C)[C@H]1C. The van der Waals surface area contributed by atoms with Crippen molar-refractivity contribution >= 4 is 5.78 Å². The van der Waals surface area contributed by atoms with Crippen LogP contribution in [0, 0.1) is 5.92 Å². The number of Topliss-reactive ketones (excluding diaryl/α,β-unsaturated/α-hetero) is 1. The lowest BCUT2D eigenvalue weighted by Gasteiger charge is -2.42. The normalized spacial score (nSPS) is 36.4. The molecule has 0 saturated carbocycles. The van der Waals surface area contributed by atoms with Crippen molar-refractivity contribution in [1.82, 2.24) is 0 Å². The predicted octanol–water partition coefficient (Wildman–Crippen LogP) is 0.667. The number of piperidine rings is 1. The first kappa shape index (κ1) is 10.7. The molecule has 1 saturated heterocycles. The topological polar surface area (TPSA) is 21.5 Å². The number of quaternary nitrogens is 1. The minimum absolute atomic E-state index is 0.239. The predicted molar refractivity (Wildman–Crippen MR) is 53.8 cm³/mol. The second kappa shape index (κ2) is 3.41. The number of hydrogen-bond acceptors (Lipinski definition) is 1. The van der Waals surface area contributed by atoms with E-state index in [0.717, 1.165) is 13.0 Å². The fourth-order valence-electron chi connectivity index (χ4n) is 2.35. The summed E-state index contributed by atoms with van der Waals surface area (Å²) in [6.07, 6.45) is 0.762. The van der Waals surface area contributed by atoms with Gasteiger partial charge in [-0.1, -0.05) is 0 Å². The Bertz CT molecular complexity index is 205. The van der Waals surface area contributed by atoms with Gasteiger partial charge in [-0.3, -0.25) is 4.79 Å². The van der Waals surface area contributed by atoms with Crippen molar-refractivity contribution in [2.45, 2.75) is 52.6 Å². The van der Waals surface area contributed by atoms with Crippen LogP contribution in [0.15, 0.2) is 0 Å². The number of likely N-dealkylation sites (tertiary alicyclic amines) is 1. The smallest absolute Gasteiger partial charge is 0.147 e. The molecule has 1 fully saturated rings. The lowest BCUT2D eigenvalue weighted by Crippen LogP contribution is -3.23. The van der Waals surface area contributed by atoms with Gasteiger partial charge in [0.15, 0.2) is 0 Å². The average Bonchev–Trinajstić information content (AvgIpc) is 1.98. The van der Waals surface area contributed by atoms with Crippen LogP contribution < -0.4 is 4.90 Å². The third-order valence-corrected chi connectivity index (χ3v) is 3.41. The van der Waals surface area contributed by atoms with Gasteiger partial charge in [-0.25, -0.2) is 0 Å². The van der Waals surface area contributed by atoms with E-state index in [4.69, 9.17) is 0 Å². The molecule has 3 atom stereocenters. The molecule has 0 radical (unpaired) electrons. The summed E-state index contributed by atoms with van der Waals surface area (Å²) in [5.41, 5.74) is 0.272. The van der Waals surface area contributed by atoms with Gasteiger partial charge in [-0.15, -0.1) is 0 Å². The Hall–Kier alpha value is -0.370. The second-order valence-electron chi connectivity index (χ2n) is 5.32. The minimum Gasteiger partial charge on any atom is -0.328 e. The molecule has 0 bridgehead atoms. The summed E-state index contributed by atoms with van der Waals surface area (Å²) in [5, 5.41) is 0. The van der Waals surface area contributed by atoms with Crippen molar-refractivity contribution in [3.8, 4) is 0 Å². The number of carbonyl (C=O) groups excluding carboxylic acids is 1. The average molecular weight is 184 g/mol. The van der Waals surface area contributed by atoms with Crippen LogP contribution in [0.1, 0.15) is 41.0 Å². The highest BCUT2D eigenvalue weighted by Gasteiger charge is 2.39. The van der Waals surface area contributed by atoms with Crippen LogP contribution in [-0.4, -0.2) is 23.9 Å². The van der Waals surface area contributed by atoms with Gasteiger partial charge in [0.1, 0.15) is 5.78 Å². The highest BCUT2D eigenvalue weighted by molar-refractivity contribution is 5.81. The molecule has 0 aromatic heterocycles. The molecule has 1 aliphatic heterocycles. The van der Waals surface area contributed by atoms with Crippen molar-refractivity contribution < 1.29 is 9.69 Å². The van der Waals surface area contributed by atoms with Crippen LogP contribution in [-0.2, 0) is 4.79 Å². The summed E-state index contributed by atoms with van der Waals surface area (Å²) in [4.78, 5) is 13.0. The van der Waals surface area contributed by atoms with E-state index >= 15 is 0 Å².